The number of methoxy groups -OCH3 is 1. The second kappa shape index (κ2) is 7.46. The van der Waals surface area contributed by atoms with Gasteiger partial charge in [-0.15, -0.1) is 18.8 Å². The van der Waals surface area contributed by atoms with Crippen LogP contribution in [-0.2, 0) is 16.0 Å². The van der Waals surface area contributed by atoms with Crippen LogP contribution in [0.3, 0.4) is 0 Å². The summed E-state index contributed by atoms with van der Waals surface area (Å²) in [6.07, 6.45) is 5.96. The molecular formula is C15H17ClN2O3. The van der Waals surface area contributed by atoms with Gasteiger partial charge in [-0.25, -0.2) is 0 Å². The van der Waals surface area contributed by atoms with E-state index >= 15 is 0 Å². The van der Waals surface area contributed by atoms with Crippen molar-refractivity contribution in [1.29, 1.82) is 0 Å². The van der Waals surface area contributed by atoms with Crippen LogP contribution < -0.4 is 10.5 Å². The molecule has 6 heteroatoms. The Morgan fingerprint density at radius 3 is 2.90 bits per heavy atom. The summed E-state index contributed by atoms with van der Waals surface area (Å²) in [4.78, 5) is 14.3. The number of hydrogen-bond acceptors (Lipinski definition) is 4. The average molecular weight is 309 g/mol. The lowest BCUT2D eigenvalue weighted by atomic mass is 10.1. The third-order valence-corrected chi connectivity index (χ3v) is 3.04. The summed E-state index contributed by atoms with van der Waals surface area (Å²) in [6, 6.07) is 5.56. The molecular weight excluding hydrogens is 292 g/mol. The summed E-state index contributed by atoms with van der Waals surface area (Å²) in [5, 5.41) is 0.931. The molecule has 0 radical (unpaired) electrons. The summed E-state index contributed by atoms with van der Waals surface area (Å²) in [7, 11) is 1.37. The minimum absolute atomic E-state index is 0. The highest BCUT2D eigenvalue weighted by Crippen LogP contribution is 2.29. The van der Waals surface area contributed by atoms with Crippen molar-refractivity contribution in [3.8, 4) is 18.1 Å². The number of carbonyl (C=O) groups excluding carboxylic acids is 1. The molecule has 0 fully saturated rings. The van der Waals surface area contributed by atoms with Crippen LogP contribution in [0.1, 0.15) is 12.0 Å². The summed E-state index contributed by atoms with van der Waals surface area (Å²) >= 11 is 0. The van der Waals surface area contributed by atoms with Crippen LogP contribution in [-0.4, -0.2) is 24.7 Å². The number of ether oxygens (including phenoxy) is 2. The first kappa shape index (κ1) is 16.7. The highest BCUT2D eigenvalue weighted by molar-refractivity contribution is 5.89. The number of nitrogens with two attached hydrogens (primary N) is 1. The van der Waals surface area contributed by atoms with Gasteiger partial charge in [-0.3, -0.25) is 4.79 Å². The van der Waals surface area contributed by atoms with Crippen LogP contribution in [0.15, 0.2) is 18.2 Å². The largest absolute Gasteiger partial charge is 0.481 e. The number of anilines is 1. The van der Waals surface area contributed by atoms with Crippen LogP contribution in [0.4, 0.5) is 5.82 Å². The third-order valence-electron chi connectivity index (χ3n) is 3.04. The van der Waals surface area contributed by atoms with Gasteiger partial charge in [0.1, 0.15) is 18.2 Å². The van der Waals surface area contributed by atoms with E-state index in [2.05, 4.69) is 15.6 Å². The summed E-state index contributed by atoms with van der Waals surface area (Å²) in [5.41, 5.74) is 7.73. The molecule has 0 unspecified atom stereocenters. The van der Waals surface area contributed by atoms with Crippen LogP contribution in [0.25, 0.3) is 10.9 Å². The van der Waals surface area contributed by atoms with Crippen LogP contribution >= 0.6 is 12.4 Å². The number of aryl methyl sites for hydroxylation is 1. The predicted octanol–water partition coefficient (Wildman–Crippen LogP) is 2.29. The fourth-order valence-corrected chi connectivity index (χ4v) is 2.06. The molecule has 0 amide bonds. The van der Waals surface area contributed by atoms with Crippen molar-refractivity contribution in [3.05, 3.63) is 23.8 Å². The molecule has 0 saturated heterocycles. The van der Waals surface area contributed by atoms with Crippen molar-refractivity contribution in [2.45, 2.75) is 12.8 Å². The molecule has 2 aromatic rings. The van der Waals surface area contributed by atoms with E-state index in [0.717, 1.165) is 16.5 Å². The number of rotatable bonds is 5. The standard InChI is InChI=1S/C15H16N2O3.ClH/c1-3-8-20-10-4-6-13-12(9-10)11(15(16)17-13)5-7-14(18)19-2;/h1,4,6,9,17H,5,7-8,16H2,2H3;1H. The Morgan fingerprint density at radius 1 is 1.48 bits per heavy atom. The number of hydrogen-bond donors (Lipinski definition) is 2. The van der Waals surface area contributed by atoms with Gasteiger partial charge in [-0.1, -0.05) is 5.92 Å². The van der Waals surface area contributed by atoms with E-state index in [0.29, 0.717) is 18.0 Å². The van der Waals surface area contributed by atoms with Gasteiger partial charge in [0, 0.05) is 22.9 Å². The number of nitrogen functional groups attached to an aromatic ring is 1. The number of aromatic nitrogens is 1. The van der Waals surface area contributed by atoms with E-state index in [9.17, 15) is 4.79 Å². The maximum absolute atomic E-state index is 11.2. The molecule has 1 heterocycles. The maximum atomic E-state index is 11.2. The Kier molecular flexibility index (Phi) is 5.94. The summed E-state index contributed by atoms with van der Waals surface area (Å²) in [5.74, 6) is 3.38. The normalized spacial score (nSPS) is 9.71. The summed E-state index contributed by atoms with van der Waals surface area (Å²) in [6.45, 7) is 0.211. The quantitative estimate of drug-likeness (QED) is 0.656. The Morgan fingerprint density at radius 2 is 2.24 bits per heavy atom. The highest BCUT2D eigenvalue weighted by Gasteiger charge is 2.12. The summed E-state index contributed by atoms with van der Waals surface area (Å²) < 4.78 is 10.0. The zero-order valence-corrected chi connectivity index (χ0v) is 12.5. The average Bonchev–Trinajstić information content (AvgIpc) is 2.77. The number of fused-ring (bicyclic) bond motifs is 1. The topological polar surface area (TPSA) is 77.3 Å². The molecule has 0 aliphatic heterocycles. The van der Waals surface area contributed by atoms with Gasteiger partial charge in [0.15, 0.2) is 0 Å². The molecule has 3 N–H and O–H groups in total. The van der Waals surface area contributed by atoms with Crippen molar-refractivity contribution in [1.82, 2.24) is 4.98 Å². The van der Waals surface area contributed by atoms with Crippen LogP contribution in [0, 0.1) is 12.3 Å². The first-order valence-corrected chi connectivity index (χ1v) is 6.19. The molecule has 2 rings (SSSR count). The second-order valence-corrected chi connectivity index (χ2v) is 4.29. The van der Waals surface area contributed by atoms with Crippen molar-refractivity contribution in [2.24, 2.45) is 0 Å². The number of esters is 1. The molecule has 0 atom stereocenters. The molecule has 0 spiro atoms. The second-order valence-electron chi connectivity index (χ2n) is 4.29. The molecule has 112 valence electrons. The molecule has 1 aromatic heterocycles. The fraction of sp³-hybridized carbons (Fsp3) is 0.267. The number of nitrogens with one attached hydrogen (secondary N) is 1. The first-order valence-electron chi connectivity index (χ1n) is 6.19. The highest BCUT2D eigenvalue weighted by atomic mass is 35.5. The van der Waals surface area contributed by atoms with Crippen molar-refractivity contribution in [2.75, 3.05) is 19.5 Å². The minimum Gasteiger partial charge on any atom is -0.481 e. The number of terminal acetylenes is 1. The van der Waals surface area contributed by atoms with Crippen LogP contribution in [0.2, 0.25) is 0 Å². The van der Waals surface area contributed by atoms with Crippen molar-refractivity contribution in [3.63, 3.8) is 0 Å². The molecule has 21 heavy (non-hydrogen) atoms. The number of carbonyl (C=O) groups is 1. The number of H-pyrrole nitrogens is 1. The molecule has 0 bridgehead atoms. The molecule has 0 aliphatic rings. The number of halogens is 1. The van der Waals surface area contributed by atoms with Gasteiger partial charge in [-0.2, -0.15) is 0 Å². The molecule has 1 aromatic carbocycles. The van der Waals surface area contributed by atoms with Gasteiger partial charge in [-0.05, 0) is 24.6 Å². The van der Waals surface area contributed by atoms with Gasteiger partial charge < -0.3 is 20.2 Å². The van der Waals surface area contributed by atoms with E-state index < -0.39 is 0 Å². The van der Waals surface area contributed by atoms with Gasteiger partial charge >= 0.3 is 5.97 Å². The lowest BCUT2D eigenvalue weighted by Gasteiger charge is -2.04. The monoisotopic (exact) mass is 308 g/mol. The van der Waals surface area contributed by atoms with Gasteiger partial charge in [0.25, 0.3) is 0 Å². The molecule has 0 aliphatic carbocycles. The van der Waals surface area contributed by atoms with Gasteiger partial charge in [0.05, 0.1) is 7.11 Å². The van der Waals surface area contributed by atoms with E-state index in [1.165, 1.54) is 7.11 Å². The lowest BCUT2D eigenvalue weighted by molar-refractivity contribution is -0.140. The zero-order valence-electron chi connectivity index (χ0n) is 11.6. The molecule has 5 nitrogen and oxygen atoms in total. The first-order chi connectivity index (χ1) is 9.65. The van der Waals surface area contributed by atoms with E-state index in [4.69, 9.17) is 16.9 Å². The smallest absolute Gasteiger partial charge is 0.305 e. The molecule has 0 saturated carbocycles. The van der Waals surface area contributed by atoms with E-state index in [1.807, 2.05) is 18.2 Å². The lowest BCUT2D eigenvalue weighted by Crippen LogP contribution is -2.03. The SMILES string of the molecule is C#CCOc1ccc2[nH]c(N)c(CCC(=O)OC)c2c1.Cl. The van der Waals surface area contributed by atoms with Crippen LogP contribution in [0.5, 0.6) is 5.75 Å². The maximum Gasteiger partial charge on any atom is 0.305 e. The Bertz CT molecular complexity index is 673. The predicted molar refractivity (Wildman–Crippen MR) is 84.6 cm³/mol. The van der Waals surface area contributed by atoms with Crippen molar-refractivity contribution < 1.29 is 14.3 Å². The van der Waals surface area contributed by atoms with Crippen molar-refractivity contribution >= 4 is 35.1 Å². The fourth-order valence-electron chi connectivity index (χ4n) is 2.06. The number of aromatic amines is 1. The van der Waals surface area contributed by atoms with E-state index in [-0.39, 0.29) is 31.4 Å². The number of benzene rings is 1. The Labute approximate surface area is 129 Å². The Hall–Kier alpha value is -2.32. The van der Waals surface area contributed by atoms with Gasteiger partial charge in [0.2, 0.25) is 0 Å². The Balaban J connectivity index is 0.00000220. The third kappa shape index (κ3) is 3.83. The minimum atomic E-state index is -0.265. The van der Waals surface area contributed by atoms with E-state index in [1.54, 1.807) is 0 Å². The zero-order chi connectivity index (χ0) is 14.5.